The molecule has 0 fully saturated rings. The molecule has 2 aromatic rings. The Balaban J connectivity index is 1.97. The van der Waals surface area contributed by atoms with Crippen molar-refractivity contribution in [3.8, 4) is 0 Å². The molecule has 0 unspecified atom stereocenters. The highest BCUT2D eigenvalue weighted by Crippen LogP contribution is 2.25. The third kappa shape index (κ3) is 4.35. The van der Waals surface area contributed by atoms with Gasteiger partial charge in [-0.05, 0) is 61.7 Å². The number of rotatable bonds is 4. The molecule has 0 radical (unpaired) electrons. The molecule has 0 saturated carbocycles. The number of halogens is 1. The van der Waals surface area contributed by atoms with E-state index in [0.717, 1.165) is 20.6 Å². The van der Waals surface area contributed by atoms with Crippen molar-refractivity contribution < 1.29 is 4.79 Å². The molecule has 21 heavy (non-hydrogen) atoms. The maximum atomic E-state index is 12.1. The van der Waals surface area contributed by atoms with E-state index in [9.17, 15) is 4.79 Å². The zero-order chi connectivity index (χ0) is 15.4. The van der Waals surface area contributed by atoms with Crippen molar-refractivity contribution in [2.75, 3.05) is 11.1 Å². The molecule has 0 aromatic heterocycles. The number of carbonyl (C=O) groups excluding carboxylic acids is 1. The molecule has 2 aromatic carbocycles. The van der Waals surface area contributed by atoms with Crippen molar-refractivity contribution in [1.29, 1.82) is 0 Å². The second kappa shape index (κ2) is 7.14. The maximum absolute atomic E-state index is 12.1. The SMILES string of the molecule is Cc1cc(Br)ccc1SCC(=O)Nc1cccc(C)c1C. The third-order valence-electron chi connectivity index (χ3n) is 3.37. The van der Waals surface area contributed by atoms with E-state index >= 15 is 0 Å². The second-order valence-electron chi connectivity index (χ2n) is 4.99. The van der Waals surface area contributed by atoms with E-state index in [1.165, 1.54) is 11.1 Å². The Bertz CT molecular complexity index is 670. The summed E-state index contributed by atoms with van der Waals surface area (Å²) in [6.07, 6.45) is 0. The highest BCUT2D eigenvalue weighted by molar-refractivity contribution is 9.10. The Morgan fingerprint density at radius 1 is 1.14 bits per heavy atom. The summed E-state index contributed by atoms with van der Waals surface area (Å²) in [6, 6.07) is 12.0. The van der Waals surface area contributed by atoms with Crippen LogP contribution in [0.15, 0.2) is 45.8 Å². The van der Waals surface area contributed by atoms with Gasteiger partial charge in [-0.2, -0.15) is 0 Å². The molecular formula is C17H18BrNOS. The Morgan fingerprint density at radius 2 is 1.90 bits per heavy atom. The molecule has 4 heteroatoms. The zero-order valence-corrected chi connectivity index (χ0v) is 14.8. The van der Waals surface area contributed by atoms with Gasteiger partial charge in [0.05, 0.1) is 5.75 Å². The number of nitrogens with one attached hydrogen (secondary N) is 1. The van der Waals surface area contributed by atoms with Crippen LogP contribution >= 0.6 is 27.7 Å². The minimum Gasteiger partial charge on any atom is -0.325 e. The Hall–Kier alpha value is -1.26. The van der Waals surface area contributed by atoms with Crippen LogP contribution in [0.1, 0.15) is 16.7 Å². The Labute approximate surface area is 138 Å². The molecular weight excluding hydrogens is 346 g/mol. The highest BCUT2D eigenvalue weighted by Gasteiger charge is 2.08. The van der Waals surface area contributed by atoms with E-state index in [2.05, 4.69) is 34.2 Å². The number of thioether (sulfide) groups is 1. The molecule has 1 amide bonds. The van der Waals surface area contributed by atoms with Gasteiger partial charge in [0, 0.05) is 15.1 Å². The zero-order valence-electron chi connectivity index (χ0n) is 12.4. The van der Waals surface area contributed by atoms with Crippen LogP contribution in [0.25, 0.3) is 0 Å². The average Bonchev–Trinajstić information content (AvgIpc) is 2.43. The molecule has 0 atom stereocenters. The van der Waals surface area contributed by atoms with Gasteiger partial charge in [0.15, 0.2) is 0 Å². The fourth-order valence-corrected chi connectivity index (χ4v) is 3.28. The summed E-state index contributed by atoms with van der Waals surface area (Å²) in [6.45, 7) is 6.12. The molecule has 2 nitrogen and oxygen atoms in total. The number of hydrogen-bond acceptors (Lipinski definition) is 2. The third-order valence-corrected chi connectivity index (χ3v) is 5.04. The van der Waals surface area contributed by atoms with Crippen molar-refractivity contribution in [3.63, 3.8) is 0 Å². The van der Waals surface area contributed by atoms with E-state index in [0.29, 0.717) is 5.75 Å². The molecule has 0 aliphatic carbocycles. The lowest BCUT2D eigenvalue weighted by atomic mass is 10.1. The van der Waals surface area contributed by atoms with E-state index in [-0.39, 0.29) is 5.91 Å². The van der Waals surface area contributed by atoms with Crippen molar-refractivity contribution in [2.45, 2.75) is 25.7 Å². The molecule has 0 saturated heterocycles. The molecule has 0 heterocycles. The van der Waals surface area contributed by atoms with Crippen molar-refractivity contribution in [1.82, 2.24) is 0 Å². The largest absolute Gasteiger partial charge is 0.325 e. The maximum Gasteiger partial charge on any atom is 0.234 e. The number of amides is 1. The van der Waals surface area contributed by atoms with E-state index in [4.69, 9.17) is 0 Å². The summed E-state index contributed by atoms with van der Waals surface area (Å²) >= 11 is 5.01. The van der Waals surface area contributed by atoms with Crippen LogP contribution in [0.4, 0.5) is 5.69 Å². The topological polar surface area (TPSA) is 29.1 Å². The number of anilines is 1. The first kappa shape index (κ1) is 16.1. The van der Waals surface area contributed by atoms with Crippen LogP contribution in [-0.2, 0) is 4.79 Å². The highest BCUT2D eigenvalue weighted by atomic mass is 79.9. The standard InChI is InChI=1S/C17H18BrNOS/c1-11-5-4-6-15(13(11)3)19-17(20)10-21-16-8-7-14(18)9-12(16)2/h4-9H,10H2,1-3H3,(H,19,20). The smallest absolute Gasteiger partial charge is 0.234 e. The summed E-state index contributed by atoms with van der Waals surface area (Å²) in [4.78, 5) is 13.2. The molecule has 2 rings (SSSR count). The van der Waals surface area contributed by atoms with Gasteiger partial charge in [-0.25, -0.2) is 0 Å². The lowest BCUT2D eigenvalue weighted by molar-refractivity contribution is -0.113. The van der Waals surface area contributed by atoms with Crippen LogP contribution in [-0.4, -0.2) is 11.7 Å². The van der Waals surface area contributed by atoms with Crippen molar-refractivity contribution >= 4 is 39.3 Å². The van der Waals surface area contributed by atoms with E-state index < -0.39 is 0 Å². The first-order chi connectivity index (χ1) is 9.97. The average molecular weight is 364 g/mol. The predicted octanol–water partition coefficient (Wildman–Crippen LogP) is 5.11. The van der Waals surface area contributed by atoms with Crippen LogP contribution in [0, 0.1) is 20.8 Å². The monoisotopic (exact) mass is 363 g/mol. The van der Waals surface area contributed by atoms with Gasteiger partial charge in [0.25, 0.3) is 0 Å². The van der Waals surface area contributed by atoms with Crippen molar-refractivity contribution in [2.24, 2.45) is 0 Å². The summed E-state index contributed by atoms with van der Waals surface area (Å²) in [5, 5.41) is 2.98. The number of carbonyl (C=O) groups is 1. The van der Waals surface area contributed by atoms with Crippen LogP contribution in [0.3, 0.4) is 0 Å². The summed E-state index contributed by atoms with van der Waals surface area (Å²) in [7, 11) is 0. The normalized spacial score (nSPS) is 10.5. The molecule has 0 bridgehead atoms. The second-order valence-corrected chi connectivity index (χ2v) is 6.93. The first-order valence-corrected chi connectivity index (χ1v) is 8.50. The van der Waals surface area contributed by atoms with Crippen molar-refractivity contribution in [3.05, 3.63) is 57.6 Å². The predicted molar refractivity (Wildman–Crippen MR) is 94.1 cm³/mol. The first-order valence-electron chi connectivity index (χ1n) is 6.72. The number of aryl methyl sites for hydroxylation is 2. The molecule has 1 N–H and O–H groups in total. The minimum absolute atomic E-state index is 0.0241. The van der Waals surface area contributed by atoms with Gasteiger partial charge >= 0.3 is 0 Å². The van der Waals surface area contributed by atoms with Gasteiger partial charge in [-0.3, -0.25) is 4.79 Å². The lowest BCUT2D eigenvalue weighted by Crippen LogP contribution is -2.15. The van der Waals surface area contributed by atoms with Crippen LogP contribution in [0.2, 0.25) is 0 Å². The van der Waals surface area contributed by atoms with Crippen LogP contribution < -0.4 is 5.32 Å². The van der Waals surface area contributed by atoms with Gasteiger partial charge in [-0.15, -0.1) is 11.8 Å². The van der Waals surface area contributed by atoms with E-state index in [1.807, 2.05) is 44.2 Å². The molecule has 110 valence electrons. The van der Waals surface area contributed by atoms with Gasteiger partial charge in [0.2, 0.25) is 5.91 Å². The summed E-state index contributed by atoms with van der Waals surface area (Å²) < 4.78 is 1.06. The Morgan fingerprint density at radius 3 is 2.62 bits per heavy atom. The Kier molecular flexibility index (Phi) is 5.48. The lowest BCUT2D eigenvalue weighted by Gasteiger charge is -2.11. The number of benzene rings is 2. The molecule has 0 spiro atoms. The summed E-state index contributed by atoms with van der Waals surface area (Å²) in [5.74, 6) is 0.437. The summed E-state index contributed by atoms with van der Waals surface area (Å²) in [5.41, 5.74) is 4.38. The number of hydrogen-bond donors (Lipinski definition) is 1. The fraction of sp³-hybridized carbons (Fsp3) is 0.235. The van der Waals surface area contributed by atoms with Crippen LogP contribution in [0.5, 0.6) is 0 Å². The van der Waals surface area contributed by atoms with Gasteiger partial charge in [-0.1, -0.05) is 28.1 Å². The molecule has 0 aliphatic heterocycles. The quantitative estimate of drug-likeness (QED) is 0.765. The fourth-order valence-electron chi connectivity index (χ4n) is 1.99. The van der Waals surface area contributed by atoms with E-state index in [1.54, 1.807) is 11.8 Å². The minimum atomic E-state index is 0.0241. The molecule has 0 aliphatic rings. The van der Waals surface area contributed by atoms with Gasteiger partial charge in [0.1, 0.15) is 0 Å². The van der Waals surface area contributed by atoms with Gasteiger partial charge < -0.3 is 5.32 Å².